The topological polar surface area (TPSA) is 49.2 Å². The van der Waals surface area contributed by atoms with Crippen LogP contribution < -0.4 is 4.74 Å². The third kappa shape index (κ3) is 3.09. The Morgan fingerprint density at radius 3 is 2.84 bits per heavy atom. The Bertz CT molecular complexity index is 912. The fourth-order valence-corrected chi connectivity index (χ4v) is 4.83. The molecule has 0 bridgehead atoms. The molecular weight excluding hydrogens is 402 g/mol. The van der Waals surface area contributed by atoms with Gasteiger partial charge >= 0.3 is 0 Å². The first-order valence-corrected chi connectivity index (χ1v) is 10.3. The van der Waals surface area contributed by atoms with Gasteiger partial charge in [0.05, 0.1) is 26.2 Å². The van der Waals surface area contributed by atoms with Crippen molar-refractivity contribution in [3.63, 3.8) is 0 Å². The lowest BCUT2D eigenvalue weighted by Gasteiger charge is -2.21. The molecule has 5 rings (SSSR count). The predicted octanol–water partition coefficient (Wildman–Crippen LogP) is 5.28. The van der Waals surface area contributed by atoms with Crippen molar-refractivity contribution in [2.75, 3.05) is 13.2 Å². The van der Waals surface area contributed by atoms with Crippen molar-refractivity contribution in [2.24, 2.45) is 0 Å². The normalized spacial score (nSPS) is 18.8. The number of ether oxygens (including phenoxy) is 2. The molecule has 1 aliphatic heterocycles. The third-order valence-corrected chi connectivity index (χ3v) is 6.46. The molecule has 0 atom stereocenters. The van der Waals surface area contributed by atoms with Crippen LogP contribution in [0, 0.1) is 0 Å². The molecule has 5 nitrogen and oxygen atoms in total. The van der Waals surface area contributed by atoms with Crippen LogP contribution in [0.25, 0.3) is 10.2 Å². The molecular formula is C18H18BrN3O2S. The van der Waals surface area contributed by atoms with Gasteiger partial charge in [0.25, 0.3) is 0 Å². The van der Waals surface area contributed by atoms with Gasteiger partial charge in [-0.05, 0) is 47.7 Å². The van der Waals surface area contributed by atoms with Crippen molar-refractivity contribution in [2.45, 2.75) is 37.6 Å². The van der Waals surface area contributed by atoms with Gasteiger partial charge in [-0.25, -0.2) is 0 Å². The summed E-state index contributed by atoms with van der Waals surface area (Å²) < 4.78 is 16.1. The molecule has 1 aliphatic carbocycles. The summed E-state index contributed by atoms with van der Waals surface area (Å²) in [7, 11) is 0. The molecule has 0 unspecified atom stereocenters. The Labute approximate surface area is 158 Å². The van der Waals surface area contributed by atoms with Gasteiger partial charge in [0.2, 0.25) is 0 Å². The largest absolute Gasteiger partial charge is 0.452 e. The number of aromatic nitrogens is 3. The van der Waals surface area contributed by atoms with Gasteiger partial charge in [-0.15, -0.1) is 11.3 Å². The Kier molecular flexibility index (Phi) is 4.03. The minimum atomic E-state index is 0.413. The second-order valence-corrected chi connectivity index (χ2v) is 9.08. The Hall–Kier alpha value is -1.44. The van der Waals surface area contributed by atoms with E-state index in [9.17, 15) is 0 Å². The van der Waals surface area contributed by atoms with Crippen molar-refractivity contribution in [1.29, 1.82) is 0 Å². The SMILES string of the molecule is Brc1cc2nccc(Oc3cn(C4CC4)nc3C3CCOCC3)c2s1. The smallest absolute Gasteiger partial charge is 0.168 e. The maximum atomic E-state index is 6.37. The number of rotatable bonds is 4. The van der Waals surface area contributed by atoms with Crippen molar-refractivity contribution in [1.82, 2.24) is 14.8 Å². The summed E-state index contributed by atoms with van der Waals surface area (Å²) in [6, 6.07) is 4.51. The van der Waals surface area contributed by atoms with Crippen LogP contribution in [0.5, 0.6) is 11.5 Å². The predicted molar refractivity (Wildman–Crippen MR) is 101 cm³/mol. The highest BCUT2D eigenvalue weighted by Gasteiger charge is 2.30. The first-order chi connectivity index (χ1) is 12.3. The van der Waals surface area contributed by atoms with Crippen LogP contribution in [0.3, 0.4) is 0 Å². The number of halogens is 1. The van der Waals surface area contributed by atoms with E-state index in [0.717, 1.165) is 57.3 Å². The second kappa shape index (κ2) is 6.37. The van der Waals surface area contributed by atoms with Crippen LogP contribution >= 0.6 is 27.3 Å². The summed E-state index contributed by atoms with van der Waals surface area (Å²) in [6.45, 7) is 1.61. The van der Waals surface area contributed by atoms with E-state index in [1.54, 1.807) is 17.5 Å². The van der Waals surface area contributed by atoms with Crippen LogP contribution in [0.4, 0.5) is 0 Å². The molecule has 1 saturated heterocycles. The zero-order chi connectivity index (χ0) is 16.8. The van der Waals surface area contributed by atoms with Gasteiger partial charge in [-0.1, -0.05) is 0 Å². The molecule has 1 saturated carbocycles. The van der Waals surface area contributed by atoms with Gasteiger partial charge in [0.15, 0.2) is 5.75 Å². The lowest BCUT2D eigenvalue weighted by Crippen LogP contribution is -2.15. The average Bonchev–Trinajstić information content (AvgIpc) is 3.28. The highest BCUT2D eigenvalue weighted by molar-refractivity contribution is 9.11. The number of fused-ring (bicyclic) bond motifs is 1. The number of hydrogen-bond acceptors (Lipinski definition) is 5. The summed E-state index contributed by atoms with van der Waals surface area (Å²) in [5.74, 6) is 2.15. The highest BCUT2D eigenvalue weighted by Crippen LogP contribution is 2.42. The fraction of sp³-hybridized carbons (Fsp3) is 0.444. The van der Waals surface area contributed by atoms with E-state index in [0.29, 0.717) is 12.0 Å². The van der Waals surface area contributed by atoms with Crippen LogP contribution in [-0.4, -0.2) is 28.0 Å². The maximum Gasteiger partial charge on any atom is 0.168 e. The minimum absolute atomic E-state index is 0.413. The molecule has 2 aliphatic rings. The molecule has 0 spiro atoms. The summed E-state index contributed by atoms with van der Waals surface area (Å²) in [5.41, 5.74) is 2.03. The zero-order valence-corrected chi connectivity index (χ0v) is 16.1. The molecule has 0 N–H and O–H groups in total. The standard InChI is InChI=1S/C18H18BrN3O2S/c19-16-9-13-18(25-16)14(3-6-20-13)24-15-10-22(12-1-2-12)21-17(15)11-4-7-23-8-5-11/h3,6,9-12H,1-2,4-5,7-8H2. The van der Waals surface area contributed by atoms with Crippen LogP contribution in [0.1, 0.15) is 43.3 Å². The van der Waals surface area contributed by atoms with E-state index < -0.39 is 0 Å². The molecule has 3 aromatic rings. The minimum Gasteiger partial charge on any atom is -0.452 e. The summed E-state index contributed by atoms with van der Waals surface area (Å²) in [6.07, 6.45) is 8.33. The lowest BCUT2D eigenvalue weighted by molar-refractivity contribution is 0.0839. The van der Waals surface area contributed by atoms with Crippen LogP contribution in [0.15, 0.2) is 28.3 Å². The van der Waals surface area contributed by atoms with Crippen molar-refractivity contribution >= 4 is 37.5 Å². The molecule has 130 valence electrons. The van der Waals surface area contributed by atoms with Gasteiger partial charge in [-0.3, -0.25) is 9.67 Å². The van der Waals surface area contributed by atoms with E-state index in [1.165, 1.54) is 12.8 Å². The van der Waals surface area contributed by atoms with Crippen LogP contribution in [-0.2, 0) is 4.74 Å². The van der Waals surface area contributed by atoms with E-state index in [4.69, 9.17) is 14.6 Å². The van der Waals surface area contributed by atoms with Crippen molar-refractivity contribution in [3.8, 4) is 11.5 Å². The monoisotopic (exact) mass is 419 g/mol. The first kappa shape index (κ1) is 15.8. The van der Waals surface area contributed by atoms with E-state index >= 15 is 0 Å². The number of nitrogens with zero attached hydrogens (tertiary/aromatic N) is 3. The number of pyridine rings is 1. The first-order valence-electron chi connectivity index (χ1n) is 8.66. The van der Waals surface area contributed by atoms with Gasteiger partial charge < -0.3 is 9.47 Å². The third-order valence-electron chi connectivity index (χ3n) is 4.82. The average molecular weight is 420 g/mol. The molecule has 25 heavy (non-hydrogen) atoms. The Morgan fingerprint density at radius 1 is 1.20 bits per heavy atom. The summed E-state index contributed by atoms with van der Waals surface area (Å²) >= 11 is 5.19. The molecule has 2 fully saturated rings. The summed E-state index contributed by atoms with van der Waals surface area (Å²) in [5, 5.41) is 4.89. The lowest BCUT2D eigenvalue weighted by atomic mass is 9.96. The van der Waals surface area contributed by atoms with Gasteiger partial charge in [0.1, 0.15) is 11.4 Å². The molecule has 3 aromatic heterocycles. The van der Waals surface area contributed by atoms with Crippen molar-refractivity contribution < 1.29 is 9.47 Å². The van der Waals surface area contributed by atoms with E-state index in [-0.39, 0.29) is 0 Å². The van der Waals surface area contributed by atoms with Crippen molar-refractivity contribution in [3.05, 3.63) is 34.0 Å². The summed E-state index contributed by atoms with van der Waals surface area (Å²) in [4.78, 5) is 4.42. The maximum absolute atomic E-state index is 6.37. The molecule has 0 aromatic carbocycles. The number of thiophene rings is 1. The van der Waals surface area contributed by atoms with E-state index in [2.05, 4.69) is 31.8 Å². The molecule has 7 heteroatoms. The Balaban J connectivity index is 1.53. The molecule has 0 radical (unpaired) electrons. The Morgan fingerprint density at radius 2 is 2.04 bits per heavy atom. The van der Waals surface area contributed by atoms with E-state index in [1.807, 2.05) is 12.1 Å². The molecule has 0 amide bonds. The van der Waals surface area contributed by atoms with Gasteiger partial charge in [0, 0.05) is 31.4 Å². The molecule has 4 heterocycles. The van der Waals surface area contributed by atoms with Crippen LogP contribution in [0.2, 0.25) is 0 Å². The zero-order valence-electron chi connectivity index (χ0n) is 13.7. The fourth-order valence-electron chi connectivity index (χ4n) is 3.33. The second-order valence-electron chi connectivity index (χ2n) is 6.65. The number of hydrogen-bond donors (Lipinski definition) is 0. The highest BCUT2D eigenvalue weighted by atomic mass is 79.9. The van der Waals surface area contributed by atoms with Gasteiger partial charge in [-0.2, -0.15) is 5.10 Å². The quantitative estimate of drug-likeness (QED) is 0.577.